The molecule has 0 unspecified atom stereocenters. The molecule has 180 valence electrons. The van der Waals surface area contributed by atoms with Gasteiger partial charge in [-0.3, -0.25) is 14.6 Å². The Kier molecular flexibility index (Phi) is 6.83. The summed E-state index contributed by atoms with van der Waals surface area (Å²) in [6.07, 6.45) is 2.63. The van der Waals surface area contributed by atoms with Crippen LogP contribution in [0.2, 0.25) is 0 Å². The number of aromatic nitrogens is 2. The highest BCUT2D eigenvalue weighted by Gasteiger charge is 2.41. The molecular formula is C25H32N6O3. The van der Waals surface area contributed by atoms with E-state index in [1.807, 2.05) is 18.7 Å². The van der Waals surface area contributed by atoms with E-state index in [1.54, 1.807) is 17.2 Å². The molecule has 9 heteroatoms. The molecule has 1 aromatic heterocycles. The number of ether oxygens (including phenoxy) is 1. The van der Waals surface area contributed by atoms with Gasteiger partial charge in [-0.05, 0) is 44.0 Å². The number of carbonyl (C=O) groups is 2. The summed E-state index contributed by atoms with van der Waals surface area (Å²) in [4.78, 5) is 38.6. The summed E-state index contributed by atoms with van der Waals surface area (Å²) in [6.45, 7) is 13.8. The summed E-state index contributed by atoms with van der Waals surface area (Å²) in [5.74, 6) is 0.975. The molecule has 0 saturated carbocycles. The van der Waals surface area contributed by atoms with Crippen LogP contribution in [0.15, 0.2) is 49.2 Å². The molecule has 0 bridgehead atoms. The average molecular weight is 465 g/mol. The lowest BCUT2D eigenvalue weighted by Crippen LogP contribution is -2.47. The third kappa shape index (κ3) is 5.20. The van der Waals surface area contributed by atoms with Crippen LogP contribution < -0.4 is 10.2 Å². The second-order valence-electron chi connectivity index (χ2n) is 9.35. The Morgan fingerprint density at radius 1 is 1.21 bits per heavy atom. The summed E-state index contributed by atoms with van der Waals surface area (Å²) in [6, 6.07) is 10.2. The molecule has 9 nitrogen and oxygen atoms in total. The highest BCUT2D eigenvalue weighted by molar-refractivity contribution is 5.90. The second kappa shape index (κ2) is 9.80. The molecule has 0 radical (unpaired) electrons. The molecule has 0 spiro atoms. The zero-order valence-electron chi connectivity index (χ0n) is 20.0. The Hall–Kier alpha value is -3.46. The monoisotopic (exact) mass is 464 g/mol. The Morgan fingerprint density at radius 2 is 1.91 bits per heavy atom. The van der Waals surface area contributed by atoms with Crippen molar-refractivity contribution in [2.75, 3.05) is 43.0 Å². The first-order valence-electron chi connectivity index (χ1n) is 11.6. The number of nitrogens with zero attached hydrogens (tertiary/aromatic N) is 5. The van der Waals surface area contributed by atoms with Gasteiger partial charge in [0, 0.05) is 38.9 Å². The molecule has 2 fully saturated rings. The minimum Gasteiger partial charge on any atom is -0.447 e. The van der Waals surface area contributed by atoms with Crippen molar-refractivity contribution in [1.29, 1.82) is 0 Å². The van der Waals surface area contributed by atoms with Crippen LogP contribution in [-0.4, -0.2) is 70.1 Å². The number of anilines is 2. The molecule has 2 saturated heterocycles. The SMILES string of the molecule is C=CC(=O)N1CCN(Cc2ccc([C@H](C)Nc3nccc(N4C(=O)OCC4(C)C)n3)cc2)CC1. The van der Waals surface area contributed by atoms with Crippen LogP contribution in [0.25, 0.3) is 0 Å². The van der Waals surface area contributed by atoms with E-state index in [-0.39, 0.29) is 11.9 Å². The topological polar surface area (TPSA) is 90.9 Å². The molecule has 34 heavy (non-hydrogen) atoms. The first-order valence-corrected chi connectivity index (χ1v) is 11.6. The van der Waals surface area contributed by atoms with E-state index in [0.29, 0.717) is 18.4 Å². The molecule has 1 aromatic carbocycles. The summed E-state index contributed by atoms with van der Waals surface area (Å²) in [5, 5.41) is 3.33. The van der Waals surface area contributed by atoms with Gasteiger partial charge in [0.2, 0.25) is 11.9 Å². The van der Waals surface area contributed by atoms with Gasteiger partial charge in [0.1, 0.15) is 12.4 Å². The maximum absolute atomic E-state index is 12.2. The Morgan fingerprint density at radius 3 is 2.53 bits per heavy atom. The fourth-order valence-corrected chi connectivity index (χ4v) is 4.26. The first-order chi connectivity index (χ1) is 16.3. The Labute approximate surface area is 200 Å². The molecule has 4 rings (SSSR count). The summed E-state index contributed by atoms with van der Waals surface area (Å²) in [7, 11) is 0. The second-order valence-corrected chi connectivity index (χ2v) is 9.35. The lowest BCUT2D eigenvalue weighted by atomic mass is 10.1. The number of carbonyl (C=O) groups excluding carboxylic acids is 2. The van der Waals surface area contributed by atoms with Gasteiger partial charge in [0.05, 0.1) is 11.6 Å². The van der Waals surface area contributed by atoms with E-state index in [2.05, 4.69) is 58.0 Å². The van der Waals surface area contributed by atoms with Gasteiger partial charge in [0.25, 0.3) is 0 Å². The third-order valence-electron chi connectivity index (χ3n) is 6.30. The van der Waals surface area contributed by atoms with E-state index in [9.17, 15) is 9.59 Å². The smallest absolute Gasteiger partial charge is 0.416 e. The standard InChI is InChI=1S/C25H32N6O3/c1-5-22(32)30-14-12-29(13-15-30)16-19-6-8-20(9-7-19)18(2)27-23-26-11-10-21(28-23)31-24(33)34-17-25(31,3)4/h5-11,18H,1,12-17H2,2-4H3,(H,26,27,28)/t18-/m0/s1. The minimum absolute atomic E-state index is 0.00378. The first kappa shape index (κ1) is 23.7. The maximum Gasteiger partial charge on any atom is 0.416 e. The number of benzene rings is 1. The highest BCUT2D eigenvalue weighted by Crippen LogP contribution is 2.29. The predicted molar refractivity (Wildman–Crippen MR) is 130 cm³/mol. The zero-order valence-corrected chi connectivity index (χ0v) is 20.0. The quantitative estimate of drug-likeness (QED) is 0.629. The molecule has 2 aliphatic rings. The fraction of sp³-hybridized carbons (Fsp3) is 0.440. The van der Waals surface area contributed by atoms with Crippen LogP contribution in [0.1, 0.15) is 37.9 Å². The van der Waals surface area contributed by atoms with Crippen LogP contribution in [0.4, 0.5) is 16.6 Å². The van der Waals surface area contributed by atoms with Crippen molar-refractivity contribution < 1.29 is 14.3 Å². The van der Waals surface area contributed by atoms with Gasteiger partial charge in [-0.15, -0.1) is 0 Å². The number of rotatable bonds is 7. The van der Waals surface area contributed by atoms with E-state index >= 15 is 0 Å². The number of hydrogen-bond acceptors (Lipinski definition) is 7. The van der Waals surface area contributed by atoms with Gasteiger partial charge >= 0.3 is 6.09 Å². The summed E-state index contributed by atoms with van der Waals surface area (Å²) >= 11 is 0. The van der Waals surface area contributed by atoms with Gasteiger partial charge in [-0.1, -0.05) is 30.8 Å². The van der Waals surface area contributed by atoms with Crippen LogP contribution in [0.3, 0.4) is 0 Å². The van der Waals surface area contributed by atoms with E-state index in [4.69, 9.17) is 4.74 Å². The number of nitrogens with one attached hydrogen (secondary N) is 1. The molecule has 2 aromatic rings. The molecule has 2 aliphatic heterocycles. The van der Waals surface area contributed by atoms with Crippen LogP contribution in [0.5, 0.6) is 0 Å². The van der Waals surface area contributed by atoms with Crippen LogP contribution in [0, 0.1) is 0 Å². The normalized spacial score (nSPS) is 19.0. The maximum atomic E-state index is 12.2. The van der Waals surface area contributed by atoms with Crippen molar-refractivity contribution >= 4 is 23.8 Å². The molecule has 3 heterocycles. The average Bonchev–Trinajstić information content (AvgIpc) is 3.11. The number of cyclic esters (lactones) is 1. The van der Waals surface area contributed by atoms with E-state index < -0.39 is 11.6 Å². The number of amides is 2. The predicted octanol–water partition coefficient (Wildman–Crippen LogP) is 3.22. The lowest BCUT2D eigenvalue weighted by molar-refractivity contribution is -0.127. The van der Waals surface area contributed by atoms with Crippen LogP contribution in [-0.2, 0) is 16.1 Å². The van der Waals surface area contributed by atoms with Gasteiger partial charge in [-0.2, -0.15) is 4.98 Å². The van der Waals surface area contributed by atoms with Gasteiger partial charge in [0.15, 0.2) is 0 Å². The molecule has 0 aliphatic carbocycles. The van der Waals surface area contributed by atoms with Gasteiger partial charge in [-0.25, -0.2) is 9.78 Å². The van der Waals surface area contributed by atoms with Crippen molar-refractivity contribution in [2.24, 2.45) is 0 Å². The van der Waals surface area contributed by atoms with Crippen molar-refractivity contribution in [3.63, 3.8) is 0 Å². The van der Waals surface area contributed by atoms with Crippen molar-refractivity contribution in [2.45, 2.75) is 38.9 Å². The third-order valence-corrected chi connectivity index (χ3v) is 6.30. The van der Waals surface area contributed by atoms with E-state index in [0.717, 1.165) is 38.3 Å². The molecule has 1 N–H and O–H groups in total. The fourth-order valence-electron chi connectivity index (χ4n) is 4.26. The van der Waals surface area contributed by atoms with Crippen molar-refractivity contribution in [1.82, 2.24) is 19.8 Å². The molecular weight excluding hydrogens is 432 g/mol. The van der Waals surface area contributed by atoms with Crippen molar-refractivity contribution in [3.05, 3.63) is 60.3 Å². The number of piperazine rings is 1. The highest BCUT2D eigenvalue weighted by atomic mass is 16.6. The minimum atomic E-state index is -0.460. The van der Waals surface area contributed by atoms with Crippen molar-refractivity contribution in [3.8, 4) is 0 Å². The van der Waals surface area contributed by atoms with Gasteiger partial charge < -0.3 is 15.0 Å². The lowest BCUT2D eigenvalue weighted by Gasteiger charge is -2.34. The summed E-state index contributed by atoms with van der Waals surface area (Å²) in [5.41, 5.74) is 1.88. The Bertz CT molecular complexity index is 1050. The molecule has 1 atom stereocenters. The summed E-state index contributed by atoms with van der Waals surface area (Å²) < 4.78 is 5.19. The van der Waals surface area contributed by atoms with E-state index in [1.165, 1.54) is 11.6 Å². The van der Waals surface area contributed by atoms with Crippen LogP contribution >= 0.6 is 0 Å². The molecule has 2 amide bonds. The zero-order chi connectivity index (χ0) is 24.3. The number of hydrogen-bond donors (Lipinski definition) is 1. The largest absolute Gasteiger partial charge is 0.447 e. The Balaban J connectivity index is 1.35.